The van der Waals surface area contributed by atoms with Crippen LogP contribution in [0.4, 0.5) is 0 Å². The van der Waals surface area contributed by atoms with E-state index in [0.29, 0.717) is 16.7 Å². The molecule has 4 aliphatic rings. The maximum absolute atomic E-state index is 13.2. The van der Waals surface area contributed by atoms with Gasteiger partial charge in [-0.25, -0.2) is 4.98 Å². The first-order valence-corrected chi connectivity index (χ1v) is 12.2. The highest BCUT2D eigenvalue weighted by atomic mass is 35.5. The molecule has 2 aromatic rings. The van der Waals surface area contributed by atoms with Gasteiger partial charge in [0.25, 0.3) is 0 Å². The minimum Gasteiger partial charge on any atom is -0.337 e. The average Bonchev–Trinajstić information content (AvgIpc) is 3.01. The summed E-state index contributed by atoms with van der Waals surface area (Å²) < 4.78 is 2.09. The lowest BCUT2D eigenvalue weighted by molar-refractivity contribution is -0.147. The molecular formula is C21H25ClN2OS2. The lowest BCUT2D eigenvalue weighted by Crippen LogP contribution is -2.61. The molecular weight excluding hydrogens is 396 g/mol. The maximum atomic E-state index is 13.2. The first-order valence-electron chi connectivity index (χ1n) is 10.0. The summed E-state index contributed by atoms with van der Waals surface area (Å²) in [5, 5.41) is 0.708. The van der Waals surface area contributed by atoms with E-state index in [4.69, 9.17) is 11.6 Å². The van der Waals surface area contributed by atoms with Crippen molar-refractivity contribution >= 4 is 50.8 Å². The van der Waals surface area contributed by atoms with E-state index in [1.165, 1.54) is 38.5 Å². The van der Waals surface area contributed by atoms with Crippen LogP contribution in [-0.4, -0.2) is 33.6 Å². The molecule has 0 radical (unpaired) electrons. The van der Waals surface area contributed by atoms with Gasteiger partial charge in [-0.3, -0.25) is 4.79 Å². The van der Waals surface area contributed by atoms with E-state index < -0.39 is 0 Å². The highest BCUT2D eigenvalue weighted by Crippen LogP contribution is 2.57. The number of nitrogens with zero attached hydrogens (tertiary/aromatic N) is 2. The van der Waals surface area contributed by atoms with Crippen LogP contribution in [0.3, 0.4) is 0 Å². The van der Waals surface area contributed by atoms with Crippen molar-refractivity contribution in [2.75, 3.05) is 12.3 Å². The van der Waals surface area contributed by atoms with Crippen LogP contribution in [0.25, 0.3) is 10.2 Å². The highest BCUT2D eigenvalue weighted by molar-refractivity contribution is 8.01. The summed E-state index contributed by atoms with van der Waals surface area (Å²) >= 11 is 9.29. The van der Waals surface area contributed by atoms with Crippen molar-refractivity contribution in [3.63, 3.8) is 0 Å². The quantitative estimate of drug-likeness (QED) is 0.568. The molecule has 27 heavy (non-hydrogen) atoms. The summed E-state index contributed by atoms with van der Waals surface area (Å²) in [5.41, 5.74) is 1.08. The molecule has 144 valence electrons. The zero-order chi connectivity index (χ0) is 18.6. The van der Waals surface area contributed by atoms with E-state index in [1.54, 1.807) is 23.1 Å². The number of hydrogen-bond donors (Lipinski definition) is 0. The molecule has 4 aliphatic carbocycles. The summed E-state index contributed by atoms with van der Waals surface area (Å²) in [6.45, 7) is 2.99. The van der Waals surface area contributed by atoms with Crippen molar-refractivity contribution in [1.82, 2.24) is 9.88 Å². The molecule has 0 atom stereocenters. The lowest BCUT2D eigenvalue weighted by atomic mass is 9.52. The second kappa shape index (κ2) is 6.93. The second-order valence-electron chi connectivity index (χ2n) is 8.66. The monoisotopic (exact) mass is 420 g/mol. The molecule has 0 unspecified atom stereocenters. The third kappa shape index (κ3) is 3.30. The molecule has 1 heterocycles. The fourth-order valence-corrected chi connectivity index (χ4v) is 8.41. The molecule has 3 nitrogen and oxygen atoms in total. The zero-order valence-electron chi connectivity index (χ0n) is 15.6. The number of amides is 1. The minimum atomic E-state index is 0.155. The number of rotatable bonds is 5. The highest BCUT2D eigenvalue weighted by Gasteiger charge is 2.54. The van der Waals surface area contributed by atoms with Crippen LogP contribution < -0.4 is 0 Å². The average molecular weight is 421 g/mol. The molecule has 4 saturated carbocycles. The number of carbonyl (C=O) groups excluding carboxylic acids is 1. The lowest BCUT2D eigenvalue weighted by Gasteiger charge is -2.60. The fraction of sp³-hybridized carbons (Fsp3) is 0.619. The first-order chi connectivity index (χ1) is 13.0. The van der Waals surface area contributed by atoms with Gasteiger partial charge in [-0.2, -0.15) is 0 Å². The Morgan fingerprint density at radius 3 is 2.56 bits per heavy atom. The Balaban J connectivity index is 1.30. The molecule has 1 amide bonds. The van der Waals surface area contributed by atoms with Gasteiger partial charge in [0.15, 0.2) is 4.34 Å². The Hall–Kier alpha value is -0.780. The Morgan fingerprint density at radius 1 is 1.26 bits per heavy atom. The van der Waals surface area contributed by atoms with Crippen LogP contribution >= 0.6 is 34.7 Å². The Morgan fingerprint density at radius 2 is 1.93 bits per heavy atom. The van der Waals surface area contributed by atoms with Gasteiger partial charge in [0.2, 0.25) is 5.91 Å². The zero-order valence-corrected chi connectivity index (χ0v) is 18.0. The van der Waals surface area contributed by atoms with Gasteiger partial charge < -0.3 is 4.90 Å². The Labute approximate surface area is 173 Å². The van der Waals surface area contributed by atoms with E-state index in [0.717, 1.165) is 38.9 Å². The normalized spacial score (nSPS) is 31.6. The third-order valence-electron chi connectivity index (χ3n) is 6.84. The number of thiazole rings is 1. The Bertz CT molecular complexity index is 845. The summed E-state index contributed by atoms with van der Waals surface area (Å²) in [6.07, 6.45) is 7.95. The largest absolute Gasteiger partial charge is 0.337 e. The van der Waals surface area contributed by atoms with Gasteiger partial charge in [-0.15, -0.1) is 11.3 Å². The van der Waals surface area contributed by atoms with Crippen LogP contribution in [0.15, 0.2) is 22.5 Å². The van der Waals surface area contributed by atoms with E-state index >= 15 is 0 Å². The molecule has 0 N–H and O–H groups in total. The van der Waals surface area contributed by atoms with E-state index in [-0.39, 0.29) is 5.54 Å². The van der Waals surface area contributed by atoms with Crippen LogP contribution in [0.2, 0.25) is 5.02 Å². The third-order valence-corrected chi connectivity index (χ3v) is 9.24. The van der Waals surface area contributed by atoms with Crippen LogP contribution in [-0.2, 0) is 4.79 Å². The molecule has 6 heteroatoms. The SMILES string of the molecule is CCN(C(=O)CSc1nc2cc(Cl)ccc2s1)C12CC3CC(CC(C3)C1)C2. The number of benzene rings is 1. The van der Waals surface area contributed by atoms with E-state index in [1.807, 2.05) is 18.2 Å². The number of carbonyl (C=O) groups is 1. The van der Waals surface area contributed by atoms with Gasteiger partial charge in [0.05, 0.1) is 16.0 Å². The molecule has 0 spiro atoms. The predicted octanol–water partition coefficient (Wildman–Crippen LogP) is 5.86. The Kier molecular flexibility index (Phi) is 4.68. The van der Waals surface area contributed by atoms with Gasteiger partial charge in [-0.05, 0) is 81.4 Å². The van der Waals surface area contributed by atoms with Crippen LogP contribution in [0.5, 0.6) is 0 Å². The molecule has 1 aromatic heterocycles. The summed E-state index contributed by atoms with van der Waals surface area (Å²) in [6, 6.07) is 5.80. The van der Waals surface area contributed by atoms with Crippen LogP contribution in [0.1, 0.15) is 45.4 Å². The topological polar surface area (TPSA) is 33.2 Å². The standard InChI is InChI=1S/C21H25ClN2OS2/c1-2-24(21-9-13-5-14(10-21)7-15(6-13)11-21)19(25)12-26-20-23-17-8-16(22)3-4-18(17)27-20/h3-4,8,13-15H,2,5-7,9-12H2,1H3. The minimum absolute atomic E-state index is 0.155. The molecule has 4 fully saturated rings. The number of fused-ring (bicyclic) bond motifs is 1. The second-order valence-corrected chi connectivity index (χ2v) is 11.3. The number of thioether (sulfide) groups is 1. The van der Waals surface area contributed by atoms with Crippen molar-refractivity contribution in [3.05, 3.63) is 23.2 Å². The first kappa shape index (κ1) is 18.3. The smallest absolute Gasteiger partial charge is 0.233 e. The van der Waals surface area contributed by atoms with Crippen molar-refractivity contribution in [3.8, 4) is 0 Å². The number of hydrogen-bond acceptors (Lipinski definition) is 4. The fourth-order valence-electron chi connectivity index (χ4n) is 6.31. The van der Waals surface area contributed by atoms with E-state index in [9.17, 15) is 4.79 Å². The molecule has 1 aromatic carbocycles. The molecule has 0 saturated heterocycles. The van der Waals surface area contributed by atoms with E-state index in [2.05, 4.69) is 16.8 Å². The van der Waals surface area contributed by atoms with Gasteiger partial charge >= 0.3 is 0 Å². The van der Waals surface area contributed by atoms with Crippen molar-refractivity contribution in [1.29, 1.82) is 0 Å². The summed E-state index contributed by atoms with van der Waals surface area (Å²) in [7, 11) is 0. The summed E-state index contributed by atoms with van der Waals surface area (Å²) in [5.74, 6) is 3.37. The number of halogens is 1. The van der Waals surface area contributed by atoms with Gasteiger partial charge in [0, 0.05) is 17.1 Å². The maximum Gasteiger partial charge on any atom is 0.233 e. The predicted molar refractivity (Wildman–Crippen MR) is 114 cm³/mol. The van der Waals surface area contributed by atoms with Crippen molar-refractivity contribution in [2.45, 2.75) is 55.3 Å². The number of aromatic nitrogens is 1. The van der Waals surface area contributed by atoms with Gasteiger partial charge in [0.1, 0.15) is 0 Å². The van der Waals surface area contributed by atoms with Gasteiger partial charge in [-0.1, -0.05) is 23.4 Å². The summed E-state index contributed by atoms with van der Waals surface area (Å²) in [4.78, 5) is 20.1. The molecule has 4 bridgehead atoms. The molecule has 0 aliphatic heterocycles. The molecule has 6 rings (SSSR count). The van der Waals surface area contributed by atoms with Crippen molar-refractivity contribution in [2.24, 2.45) is 17.8 Å². The van der Waals surface area contributed by atoms with Crippen LogP contribution in [0, 0.1) is 17.8 Å². The van der Waals surface area contributed by atoms with Crippen molar-refractivity contribution < 1.29 is 4.79 Å².